The van der Waals surface area contributed by atoms with E-state index in [0.717, 1.165) is 30.2 Å². The normalized spacial score (nSPS) is 11.2. The maximum atomic E-state index is 14.6. The van der Waals surface area contributed by atoms with Crippen molar-refractivity contribution in [2.24, 2.45) is 0 Å². The summed E-state index contributed by atoms with van der Waals surface area (Å²) in [5.74, 6) is -0.905. The van der Waals surface area contributed by atoms with Crippen LogP contribution in [0.5, 0.6) is 0 Å². The number of H-pyrrole nitrogens is 1. The van der Waals surface area contributed by atoms with Crippen molar-refractivity contribution in [2.45, 2.75) is 26.8 Å². The molecule has 2 heterocycles. The van der Waals surface area contributed by atoms with E-state index in [9.17, 15) is 18.4 Å². The molecular weight excluding hydrogens is 444 g/mol. The fourth-order valence-electron chi connectivity index (χ4n) is 3.93. The monoisotopic (exact) mass is 467 g/mol. The minimum absolute atomic E-state index is 0.0736. The molecule has 4 aromatic rings. The number of aromatic amines is 1. The van der Waals surface area contributed by atoms with Gasteiger partial charge in [-0.1, -0.05) is 31.9 Å². The minimum Gasteiger partial charge on any atom is -0.331 e. The molecule has 2 aromatic carbocycles. The summed E-state index contributed by atoms with van der Waals surface area (Å²) >= 11 is 1.22. The number of hydrogen-bond acceptors (Lipinski definition) is 3. The molecule has 4 rings (SSSR count). The van der Waals surface area contributed by atoms with Crippen molar-refractivity contribution in [1.82, 2.24) is 14.3 Å². The van der Waals surface area contributed by atoms with Gasteiger partial charge < -0.3 is 9.55 Å². The molecule has 1 amide bonds. The summed E-state index contributed by atoms with van der Waals surface area (Å²) in [7, 11) is 0. The lowest BCUT2D eigenvalue weighted by Crippen LogP contribution is -2.22. The van der Waals surface area contributed by atoms with Crippen molar-refractivity contribution < 1.29 is 13.6 Å². The highest BCUT2D eigenvalue weighted by molar-refractivity contribution is 7.97. The Morgan fingerprint density at radius 1 is 1.12 bits per heavy atom. The van der Waals surface area contributed by atoms with Crippen LogP contribution in [0.15, 0.2) is 59.5 Å². The Hall–Kier alpha value is -3.39. The van der Waals surface area contributed by atoms with Gasteiger partial charge in [-0.3, -0.25) is 14.3 Å². The molecular formula is C25H23F2N3O2S. The third-order valence-corrected chi connectivity index (χ3v) is 6.10. The van der Waals surface area contributed by atoms with Crippen LogP contribution in [0.25, 0.3) is 22.0 Å². The smallest absolute Gasteiger partial charge is 0.278 e. The van der Waals surface area contributed by atoms with Gasteiger partial charge in [-0.25, -0.2) is 8.78 Å². The summed E-state index contributed by atoms with van der Waals surface area (Å²) in [6, 6.07) is 12.3. The van der Waals surface area contributed by atoms with Gasteiger partial charge in [-0.05, 0) is 54.4 Å². The Morgan fingerprint density at radius 2 is 1.94 bits per heavy atom. The topological polar surface area (TPSA) is 66.9 Å². The number of pyridine rings is 1. The quantitative estimate of drug-likeness (QED) is 0.363. The SMILES string of the molecule is CCSNC(=O)c1c(-c2ccc[nH]c2=O)c2cc(CC)ccc2n1Cc1cc(F)ccc1F. The van der Waals surface area contributed by atoms with Crippen LogP contribution in [-0.4, -0.2) is 21.2 Å². The van der Waals surface area contributed by atoms with Gasteiger partial charge in [0.1, 0.15) is 17.3 Å². The van der Waals surface area contributed by atoms with Crippen LogP contribution >= 0.6 is 11.9 Å². The Bertz CT molecular complexity index is 1390. The van der Waals surface area contributed by atoms with Gasteiger partial charge in [0.15, 0.2) is 0 Å². The number of aryl methyl sites for hydroxylation is 1. The van der Waals surface area contributed by atoms with Gasteiger partial charge in [0.2, 0.25) is 0 Å². The highest BCUT2D eigenvalue weighted by Crippen LogP contribution is 2.35. The number of benzene rings is 2. The molecule has 0 unspecified atom stereocenters. The van der Waals surface area contributed by atoms with Crippen LogP contribution < -0.4 is 10.3 Å². The highest BCUT2D eigenvalue weighted by Gasteiger charge is 2.26. The number of carbonyl (C=O) groups excluding carboxylic acids is 1. The lowest BCUT2D eigenvalue weighted by Gasteiger charge is -2.13. The molecule has 0 bridgehead atoms. The molecule has 0 radical (unpaired) electrons. The van der Waals surface area contributed by atoms with E-state index in [4.69, 9.17) is 0 Å². The first-order chi connectivity index (χ1) is 15.9. The van der Waals surface area contributed by atoms with Gasteiger partial charge in [-0.2, -0.15) is 0 Å². The molecule has 0 aliphatic carbocycles. The van der Waals surface area contributed by atoms with E-state index >= 15 is 0 Å². The third-order valence-electron chi connectivity index (χ3n) is 5.48. The van der Waals surface area contributed by atoms with Gasteiger partial charge in [-0.15, -0.1) is 0 Å². The van der Waals surface area contributed by atoms with E-state index in [0.29, 0.717) is 27.8 Å². The zero-order valence-corrected chi connectivity index (χ0v) is 19.1. The summed E-state index contributed by atoms with van der Waals surface area (Å²) in [5, 5.41) is 0.703. The van der Waals surface area contributed by atoms with Crippen molar-refractivity contribution >= 4 is 28.8 Å². The molecule has 0 saturated carbocycles. The average Bonchev–Trinajstić information content (AvgIpc) is 3.13. The Kier molecular flexibility index (Phi) is 6.65. The molecule has 2 aromatic heterocycles. The first-order valence-corrected chi connectivity index (χ1v) is 11.6. The van der Waals surface area contributed by atoms with E-state index in [2.05, 4.69) is 9.71 Å². The van der Waals surface area contributed by atoms with Gasteiger partial charge in [0, 0.05) is 39.5 Å². The first kappa shape index (κ1) is 22.8. The first-order valence-electron chi connectivity index (χ1n) is 10.6. The Balaban J connectivity index is 2.07. The molecule has 0 atom stereocenters. The molecule has 33 heavy (non-hydrogen) atoms. The summed E-state index contributed by atoms with van der Waals surface area (Å²) in [5.41, 5.74) is 2.47. The summed E-state index contributed by atoms with van der Waals surface area (Å²) in [4.78, 5) is 28.8. The lowest BCUT2D eigenvalue weighted by molar-refractivity contribution is 0.0977. The number of amides is 1. The maximum Gasteiger partial charge on any atom is 0.278 e. The third kappa shape index (κ3) is 4.43. The predicted molar refractivity (Wildman–Crippen MR) is 128 cm³/mol. The molecule has 8 heteroatoms. The van der Waals surface area contributed by atoms with E-state index in [1.807, 2.05) is 32.0 Å². The molecule has 0 spiro atoms. The van der Waals surface area contributed by atoms with Crippen LogP contribution in [0.4, 0.5) is 8.78 Å². The highest BCUT2D eigenvalue weighted by atomic mass is 32.2. The molecule has 0 saturated heterocycles. The largest absolute Gasteiger partial charge is 0.331 e. The average molecular weight is 468 g/mol. The predicted octanol–water partition coefficient (Wildman–Crippen LogP) is 5.28. The van der Waals surface area contributed by atoms with Crippen molar-refractivity contribution in [3.8, 4) is 11.1 Å². The zero-order chi connectivity index (χ0) is 23.5. The number of fused-ring (bicyclic) bond motifs is 1. The van der Waals surface area contributed by atoms with E-state index < -0.39 is 17.5 Å². The molecule has 2 N–H and O–H groups in total. The van der Waals surface area contributed by atoms with Crippen LogP contribution in [0, 0.1) is 11.6 Å². The summed E-state index contributed by atoms with van der Waals surface area (Å²) in [6.45, 7) is 3.84. The number of nitrogens with one attached hydrogen (secondary N) is 2. The van der Waals surface area contributed by atoms with Crippen molar-refractivity contribution in [1.29, 1.82) is 0 Å². The standard InChI is InChI=1S/C25H23F2N3O2S/c1-3-15-7-10-21-19(12-15)22(18-6-5-11-28-24(18)31)23(25(32)29-33-4-2)30(21)14-16-13-17(26)8-9-20(16)27/h5-13H,3-4,14H2,1-2H3,(H,28,31)(H,29,32). The Morgan fingerprint density at radius 3 is 2.67 bits per heavy atom. The lowest BCUT2D eigenvalue weighted by atomic mass is 10.0. The van der Waals surface area contributed by atoms with Crippen LogP contribution in [0.2, 0.25) is 0 Å². The second-order valence-corrected chi connectivity index (χ2v) is 8.60. The zero-order valence-electron chi connectivity index (χ0n) is 18.2. The van der Waals surface area contributed by atoms with Gasteiger partial charge in [0.05, 0.1) is 6.54 Å². The van der Waals surface area contributed by atoms with E-state index in [-0.39, 0.29) is 23.4 Å². The number of rotatable bonds is 7. The molecule has 170 valence electrons. The van der Waals surface area contributed by atoms with Gasteiger partial charge in [0.25, 0.3) is 11.5 Å². The fourth-order valence-corrected chi connectivity index (χ4v) is 4.31. The second-order valence-electron chi connectivity index (χ2n) is 7.53. The number of nitrogens with zero attached hydrogens (tertiary/aromatic N) is 1. The summed E-state index contributed by atoms with van der Waals surface area (Å²) in [6.07, 6.45) is 2.29. The number of halogens is 2. The van der Waals surface area contributed by atoms with Crippen LogP contribution in [-0.2, 0) is 13.0 Å². The molecule has 0 fully saturated rings. The molecule has 0 aliphatic heterocycles. The number of carbonyl (C=O) groups is 1. The van der Waals surface area contributed by atoms with E-state index in [1.165, 1.54) is 18.1 Å². The van der Waals surface area contributed by atoms with E-state index in [1.54, 1.807) is 16.7 Å². The van der Waals surface area contributed by atoms with Crippen molar-refractivity contribution in [3.63, 3.8) is 0 Å². The molecule has 0 aliphatic rings. The number of hydrogen-bond donors (Lipinski definition) is 2. The maximum absolute atomic E-state index is 14.6. The Labute approximate surface area is 194 Å². The minimum atomic E-state index is -0.572. The number of aromatic nitrogens is 2. The van der Waals surface area contributed by atoms with Crippen molar-refractivity contribution in [3.05, 3.63) is 93.5 Å². The van der Waals surface area contributed by atoms with Crippen LogP contribution in [0.1, 0.15) is 35.5 Å². The second kappa shape index (κ2) is 9.62. The molecule has 5 nitrogen and oxygen atoms in total. The van der Waals surface area contributed by atoms with Crippen molar-refractivity contribution in [2.75, 3.05) is 5.75 Å². The van der Waals surface area contributed by atoms with Crippen LogP contribution in [0.3, 0.4) is 0 Å². The fraction of sp³-hybridized carbons (Fsp3) is 0.200. The summed E-state index contributed by atoms with van der Waals surface area (Å²) < 4.78 is 32.9. The van der Waals surface area contributed by atoms with Gasteiger partial charge >= 0.3 is 0 Å².